The summed E-state index contributed by atoms with van der Waals surface area (Å²) in [6.07, 6.45) is -2.74. The number of nitrogens with zero attached hydrogens (tertiary/aromatic N) is 1. The van der Waals surface area contributed by atoms with Crippen LogP contribution in [0.3, 0.4) is 0 Å². The molecule has 15 heavy (non-hydrogen) atoms. The summed E-state index contributed by atoms with van der Waals surface area (Å²) in [7, 11) is 1.18. The van der Waals surface area contributed by atoms with Crippen LogP contribution in [-0.4, -0.2) is 18.1 Å². The molecule has 0 unspecified atom stereocenters. The molecule has 0 saturated carbocycles. The molecule has 82 valence electrons. The summed E-state index contributed by atoms with van der Waals surface area (Å²) in [4.78, 5) is 14.9. The lowest BCUT2D eigenvalue weighted by Crippen LogP contribution is -2.07. The molecule has 1 aromatic rings. The van der Waals surface area contributed by atoms with Crippen molar-refractivity contribution in [1.82, 2.24) is 4.98 Å². The summed E-state index contributed by atoms with van der Waals surface area (Å²) in [5, 5.41) is 0. The van der Waals surface area contributed by atoms with Gasteiger partial charge < -0.3 is 4.74 Å². The van der Waals surface area contributed by atoms with E-state index < -0.39 is 18.1 Å². The highest BCUT2D eigenvalue weighted by Gasteiger charge is 2.21. The molecule has 0 atom stereocenters. The van der Waals surface area contributed by atoms with E-state index >= 15 is 0 Å². The Morgan fingerprint density at radius 2 is 2.27 bits per heavy atom. The van der Waals surface area contributed by atoms with Crippen molar-refractivity contribution in [2.75, 3.05) is 7.11 Å². The smallest absolute Gasteiger partial charge is 0.339 e. The van der Waals surface area contributed by atoms with Gasteiger partial charge in [0.05, 0.1) is 17.1 Å². The fraction of sp³-hybridized carbons (Fsp3) is 0.250. The molecule has 0 N–H and O–H groups in total. The summed E-state index contributed by atoms with van der Waals surface area (Å²) in [5.74, 6) is -0.677. The number of pyridine rings is 1. The molecule has 1 aromatic heterocycles. The first kappa shape index (κ1) is 12.8. The largest absolute Gasteiger partial charge is 0.465 e. The number of hydrogen-bond acceptors (Lipinski definition) is 3. The SMILES string of the molecule is COC(=O)c1cc(I)nc(C(F)F)c1Br. The predicted molar refractivity (Wildman–Crippen MR) is 61.0 cm³/mol. The highest BCUT2D eigenvalue weighted by atomic mass is 127. The third-order valence-corrected chi connectivity index (χ3v) is 2.95. The van der Waals surface area contributed by atoms with Crippen LogP contribution < -0.4 is 0 Å². The lowest BCUT2D eigenvalue weighted by Gasteiger charge is -2.07. The minimum Gasteiger partial charge on any atom is -0.465 e. The maximum atomic E-state index is 12.5. The summed E-state index contributed by atoms with van der Waals surface area (Å²) in [6, 6.07) is 1.38. The first-order valence-electron chi connectivity index (χ1n) is 3.69. The zero-order chi connectivity index (χ0) is 11.6. The van der Waals surface area contributed by atoms with Gasteiger partial charge in [-0.2, -0.15) is 0 Å². The molecule has 0 fully saturated rings. The van der Waals surface area contributed by atoms with Crippen LogP contribution in [0.1, 0.15) is 22.5 Å². The summed E-state index contributed by atoms with van der Waals surface area (Å²) < 4.78 is 29.8. The van der Waals surface area contributed by atoms with Gasteiger partial charge in [0.15, 0.2) is 0 Å². The number of carbonyl (C=O) groups is 1. The molecule has 0 saturated heterocycles. The van der Waals surface area contributed by atoms with E-state index in [1.807, 2.05) is 0 Å². The van der Waals surface area contributed by atoms with E-state index in [1.54, 1.807) is 22.6 Å². The van der Waals surface area contributed by atoms with Crippen molar-refractivity contribution in [2.45, 2.75) is 6.43 Å². The number of methoxy groups -OCH3 is 1. The standard InChI is InChI=1S/C8H5BrF2INO2/c1-15-8(14)3-2-4(12)13-6(5(3)9)7(10)11/h2,7H,1H3. The van der Waals surface area contributed by atoms with Gasteiger partial charge in [-0.25, -0.2) is 18.6 Å². The second-order valence-corrected chi connectivity index (χ2v) is 4.38. The average Bonchev–Trinajstić information content (AvgIpc) is 2.19. The predicted octanol–water partition coefficient (Wildman–Crippen LogP) is 3.17. The average molecular weight is 392 g/mol. The molecule has 0 amide bonds. The zero-order valence-corrected chi connectivity index (χ0v) is 11.2. The molecule has 0 aliphatic rings. The van der Waals surface area contributed by atoms with Gasteiger partial charge in [0.25, 0.3) is 6.43 Å². The van der Waals surface area contributed by atoms with E-state index in [0.29, 0.717) is 3.70 Å². The molecule has 7 heteroatoms. The molecular weight excluding hydrogens is 387 g/mol. The third kappa shape index (κ3) is 2.83. The van der Waals surface area contributed by atoms with Gasteiger partial charge >= 0.3 is 5.97 Å². The van der Waals surface area contributed by atoms with Crippen LogP contribution >= 0.6 is 38.5 Å². The van der Waals surface area contributed by atoms with Gasteiger partial charge in [0.1, 0.15) is 9.39 Å². The Bertz CT molecular complexity index is 400. The highest BCUT2D eigenvalue weighted by Crippen LogP contribution is 2.29. The molecule has 0 aromatic carbocycles. The number of esters is 1. The molecule has 0 aliphatic carbocycles. The fourth-order valence-corrected chi connectivity index (χ4v) is 2.03. The number of ether oxygens (including phenoxy) is 1. The third-order valence-electron chi connectivity index (χ3n) is 1.56. The van der Waals surface area contributed by atoms with Gasteiger partial charge in [-0.15, -0.1) is 0 Å². The zero-order valence-electron chi connectivity index (χ0n) is 7.43. The number of hydrogen-bond donors (Lipinski definition) is 0. The molecule has 1 rings (SSSR count). The maximum Gasteiger partial charge on any atom is 0.339 e. The van der Waals surface area contributed by atoms with Crippen LogP contribution in [0, 0.1) is 3.70 Å². The Labute approximate surface area is 106 Å². The second-order valence-electron chi connectivity index (χ2n) is 2.48. The first-order chi connectivity index (χ1) is 6.97. The Balaban J connectivity index is 3.34. The van der Waals surface area contributed by atoms with Gasteiger partial charge in [-0.3, -0.25) is 0 Å². The van der Waals surface area contributed by atoms with Crippen molar-refractivity contribution in [3.63, 3.8) is 0 Å². The van der Waals surface area contributed by atoms with Crippen LogP contribution in [-0.2, 0) is 4.74 Å². The Morgan fingerprint density at radius 1 is 1.67 bits per heavy atom. The number of alkyl halides is 2. The molecule has 0 bridgehead atoms. The minimum absolute atomic E-state index is 0.0234. The van der Waals surface area contributed by atoms with Crippen molar-refractivity contribution in [3.8, 4) is 0 Å². The Kier molecular flexibility index (Phi) is 4.38. The van der Waals surface area contributed by atoms with Crippen LogP contribution in [0.5, 0.6) is 0 Å². The minimum atomic E-state index is -2.74. The summed E-state index contributed by atoms with van der Waals surface area (Å²) >= 11 is 4.67. The van der Waals surface area contributed by atoms with E-state index in [9.17, 15) is 13.6 Å². The molecule has 1 heterocycles. The van der Waals surface area contributed by atoms with Crippen molar-refractivity contribution in [2.24, 2.45) is 0 Å². The summed E-state index contributed by atoms with van der Waals surface area (Å²) in [5.41, 5.74) is -0.408. The molecule has 0 radical (unpaired) electrons. The van der Waals surface area contributed by atoms with Crippen LogP contribution in [0.2, 0.25) is 0 Å². The van der Waals surface area contributed by atoms with E-state index in [2.05, 4.69) is 25.7 Å². The molecule has 3 nitrogen and oxygen atoms in total. The first-order valence-corrected chi connectivity index (χ1v) is 5.57. The van der Waals surface area contributed by atoms with Crippen molar-refractivity contribution >= 4 is 44.5 Å². The van der Waals surface area contributed by atoms with E-state index in [4.69, 9.17) is 0 Å². The molecular formula is C8H5BrF2INO2. The van der Waals surface area contributed by atoms with Gasteiger partial charge in [-0.05, 0) is 44.6 Å². The topological polar surface area (TPSA) is 39.2 Å². The van der Waals surface area contributed by atoms with Gasteiger partial charge in [-0.1, -0.05) is 0 Å². The van der Waals surface area contributed by atoms with E-state index in [0.717, 1.165) is 0 Å². The van der Waals surface area contributed by atoms with E-state index in [1.165, 1.54) is 13.2 Å². The summed E-state index contributed by atoms with van der Waals surface area (Å²) in [6.45, 7) is 0. The number of aromatic nitrogens is 1. The van der Waals surface area contributed by atoms with Crippen LogP contribution in [0.25, 0.3) is 0 Å². The molecule has 0 aliphatic heterocycles. The maximum absolute atomic E-state index is 12.5. The second kappa shape index (κ2) is 5.15. The van der Waals surface area contributed by atoms with Crippen LogP contribution in [0.15, 0.2) is 10.5 Å². The van der Waals surface area contributed by atoms with Gasteiger partial charge in [0, 0.05) is 0 Å². The van der Waals surface area contributed by atoms with Gasteiger partial charge in [0.2, 0.25) is 0 Å². The monoisotopic (exact) mass is 391 g/mol. The lowest BCUT2D eigenvalue weighted by atomic mass is 10.2. The molecule has 0 spiro atoms. The fourth-order valence-electron chi connectivity index (χ4n) is 0.920. The quantitative estimate of drug-likeness (QED) is 0.441. The normalized spacial score (nSPS) is 10.5. The Morgan fingerprint density at radius 3 is 2.73 bits per heavy atom. The number of carbonyl (C=O) groups excluding carboxylic acids is 1. The van der Waals surface area contributed by atoms with Crippen molar-refractivity contribution < 1.29 is 18.3 Å². The van der Waals surface area contributed by atoms with E-state index in [-0.39, 0.29) is 10.0 Å². The number of halogens is 4. The Hall–Kier alpha value is -0.310. The highest BCUT2D eigenvalue weighted by molar-refractivity contribution is 14.1. The lowest BCUT2D eigenvalue weighted by molar-refractivity contribution is 0.0598. The van der Waals surface area contributed by atoms with Crippen molar-refractivity contribution in [1.29, 1.82) is 0 Å². The van der Waals surface area contributed by atoms with Crippen LogP contribution in [0.4, 0.5) is 8.78 Å². The number of rotatable bonds is 2. The van der Waals surface area contributed by atoms with Crippen molar-refractivity contribution in [3.05, 3.63) is 25.5 Å².